The standard InChI is InChI=1S/C16H18N2O6S/c1-24-15-8-7-14(18(20)21)11-16(15)25(22,23)17(9-10-19)12-13-5-3-2-4-6-13/h2-8,11,19H,9-10,12H2,1H3. The highest BCUT2D eigenvalue weighted by Gasteiger charge is 2.29. The van der Waals surface area contributed by atoms with Gasteiger partial charge in [0.15, 0.2) is 0 Å². The number of sulfonamides is 1. The molecule has 0 saturated heterocycles. The molecule has 0 saturated carbocycles. The molecule has 134 valence electrons. The molecule has 0 amide bonds. The van der Waals surface area contributed by atoms with E-state index in [0.29, 0.717) is 0 Å². The summed E-state index contributed by atoms with van der Waals surface area (Å²) in [6.45, 7) is -0.512. The molecule has 0 heterocycles. The third kappa shape index (κ3) is 4.32. The summed E-state index contributed by atoms with van der Waals surface area (Å²) in [6, 6.07) is 12.2. The van der Waals surface area contributed by atoms with Crippen molar-refractivity contribution in [1.29, 1.82) is 0 Å². The molecule has 0 aliphatic carbocycles. The molecular formula is C16H18N2O6S. The van der Waals surface area contributed by atoms with Gasteiger partial charge >= 0.3 is 0 Å². The summed E-state index contributed by atoms with van der Waals surface area (Å²) in [5, 5.41) is 20.2. The highest BCUT2D eigenvalue weighted by atomic mass is 32.2. The first-order valence-corrected chi connectivity index (χ1v) is 8.81. The Morgan fingerprint density at radius 1 is 1.20 bits per heavy atom. The fourth-order valence-electron chi connectivity index (χ4n) is 2.30. The number of nitrogens with zero attached hydrogens (tertiary/aromatic N) is 2. The molecular weight excluding hydrogens is 348 g/mol. The van der Waals surface area contributed by atoms with E-state index in [1.54, 1.807) is 30.3 Å². The van der Waals surface area contributed by atoms with Crippen LogP contribution in [0.4, 0.5) is 5.69 Å². The van der Waals surface area contributed by atoms with Crippen LogP contribution >= 0.6 is 0 Å². The van der Waals surface area contributed by atoms with Crippen LogP contribution in [0.15, 0.2) is 53.4 Å². The van der Waals surface area contributed by atoms with Crippen molar-refractivity contribution in [2.45, 2.75) is 11.4 Å². The van der Waals surface area contributed by atoms with Gasteiger partial charge in [-0.2, -0.15) is 4.31 Å². The Kier molecular flexibility index (Phi) is 6.07. The first kappa shape index (κ1) is 18.8. The van der Waals surface area contributed by atoms with Crippen LogP contribution in [0.5, 0.6) is 5.75 Å². The van der Waals surface area contributed by atoms with E-state index in [0.717, 1.165) is 15.9 Å². The van der Waals surface area contributed by atoms with Crippen molar-refractivity contribution < 1.29 is 23.2 Å². The quantitative estimate of drug-likeness (QED) is 0.563. The maximum Gasteiger partial charge on any atom is 0.271 e. The highest BCUT2D eigenvalue weighted by Crippen LogP contribution is 2.31. The van der Waals surface area contributed by atoms with Gasteiger partial charge in [-0.05, 0) is 11.6 Å². The molecule has 0 aromatic heterocycles. The lowest BCUT2D eigenvalue weighted by Gasteiger charge is -2.22. The minimum absolute atomic E-state index is 0.00148. The van der Waals surface area contributed by atoms with Crippen molar-refractivity contribution in [1.82, 2.24) is 4.31 Å². The van der Waals surface area contributed by atoms with Gasteiger partial charge in [-0.1, -0.05) is 30.3 Å². The van der Waals surface area contributed by atoms with Crippen molar-refractivity contribution in [2.75, 3.05) is 20.3 Å². The lowest BCUT2D eigenvalue weighted by atomic mass is 10.2. The van der Waals surface area contributed by atoms with Gasteiger partial charge in [-0.3, -0.25) is 10.1 Å². The van der Waals surface area contributed by atoms with Crippen LogP contribution in [0, 0.1) is 10.1 Å². The van der Waals surface area contributed by atoms with Crippen molar-refractivity contribution in [3.05, 3.63) is 64.2 Å². The summed E-state index contributed by atoms with van der Waals surface area (Å²) in [4.78, 5) is 10.00. The van der Waals surface area contributed by atoms with Gasteiger partial charge in [0.25, 0.3) is 5.69 Å². The van der Waals surface area contributed by atoms with Crippen molar-refractivity contribution in [3.8, 4) is 5.75 Å². The number of ether oxygens (including phenoxy) is 1. The molecule has 0 aliphatic rings. The zero-order valence-corrected chi connectivity index (χ0v) is 14.3. The molecule has 2 aromatic carbocycles. The molecule has 0 atom stereocenters. The van der Waals surface area contributed by atoms with Gasteiger partial charge in [0.1, 0.15) is 10.6 Å². The highest BCUT2D eigenvalue weighted by molar-refractivity contribution is 7.89. The Labute approximate surface area is 145 Å². The minimum atomic E-state index is -4.12. The smallest absolute Gasteiger partial charge is 0.271 e. The Hall–Kier alpha value is -2.49. The number of nitro groups is 1. The minimum Gasteiger partial charge on any atom is -0.495 e. The molecule has 0 radical (unpaired) electrons. The molecule has 1 N–H and O–H groups in total. The van der Waals surface area contributed by atoms with Crippen molar-refractivity contribution in [2.24, 2.45) is 0 Å². The molecule has 0 fully saturated rings. The summed E-state index contributed by atoms with van der Waals surface area (Å²) in [5.41, 5.74) is 0.368. The Morgan fingerprint density at radius 2 is 1.88 bits per heavy atom. The average Bonchev–Trinajstić information content (AvgIpc) is 2.61. The topological polar surface area (TPSA) is 110 Å². The molecule has 0 spiro atoms. The average molecular weight is 366 g/mol. The molecule has 2 aromatic rings. The fourth-order valence-corrected chi connectivity index (χ4v) is 3.90. The molecule has 9 heteroatoms. The maximum atomic E-state index is 13.0. The van der Waals surface area contributed by atoms with E-state index in [9.17, 15) is 23.6 Å². The summed E-state index contributed by atoms with van der Waals surface area (Å²) < 4.78 is 32.1. The number of benzene rings is 2. The number of aliphatic hydroxyl groups excluding tert-OH is 1. The fraction of sp³-hybridized carbons (Fsp3) is 0.250. The third-order valence-corrected chi connectivity index (χ3v) is 5.39. The summed E-state index contributed by atoms with van der Waals surface area (Å²) in [6.07, 6.45) is 0. The second-order valence-corrected chi connectivity index (χ2v) is 7.05. The monoisotopic (exact) mass is 366 g/mol. The number of rotatable bonds is 8. The van der Waals surface area contributed by atoms with Crippen LogP contribution in [-0.4, -0.2) is 43.0 Å². The second-order valence-electron chi connectivity index (χ2n) is 5.14. The van der Waals surface area contributed by atoms with Crippen LogP contribution in [-0.2, 0) is 16.6 Å². The number of nitro benzene ring substituents is 1. The first-order chi connectivity index (χ1) is 11.9. The predicted molar refractivity (Wildman–Crippen MR) is 90.8 cm³/mol. The Morgan fingerprint density at radius 3 is 2.44 bits per heavy atom. The SMILES string of the molecule is COc1ccc([N+](=O)[O-])cc1S(=O)(=O)N(CCO)Cc1ccccc1. The number of non-ortho nitro benzene ring substituents is 1. The maximum absolute atomic E-state index is 13.0. The lowest BCUT2D eigenvalue weighted by molar-refractivity contribution is -0.385. The van der Waals surface area contributed by atoms with E-state index in [4.69, 9.17) is 4.74 Å². The van der Waals surface area contributed by atoms with E-state index in [2.05, 4.69) is 0 Å². The Bertz CT molecular complexity index is 839. The van der Waals surface area contributed by atoms with Crippen LogP contribution in [0.25, 0.3) is 0 Å². The molecule has 8 nitrogen and oxygen atoms in total. The number of hydrogen-bond acceptors (Lipinski definition) is 6. The van der Waals surface area contributed by atoms with Gasteiger partial charge < -0.3 is 9.84 Å². The first-order valence-electron chi connectivity index (χ1n) is 7.37. The zero-order chi connectivity index (χ0) is 18.4. The van der Waals surface area contributed by atoms with Gasteiger partial charge in [-0.15, -0.1) is 0 Å². The van der Waals surface area contributed by atoms with E-state index >= 15 is 0 Å². The van der Waals surface area contributed by atoms with E-state index in [-0.39, 0.29) is 36.0 Å². The van der Waals surface area contributed by atoms with Crippen LogP contribution in [0.2, 0.25) is 0 Å². The van der Waals surface area contributed by atoms with Gasteiger partial charge in [0.2, 0.25) is 10.0 Å². The summed E-state index contributed by atoms with van der Waals surface area (Å²) >= 11 is 0. The van der Waals surface area contributed by atoms with Gasteiger partial charge in [0.05, 0.1) is 18.6 Å². The number of aliphatic hydroxyl groups is 1. The molecule has 0 unspecified atom stereocenters. The van der Waals surface area contributed by atoms with Gasteiger partial charge in [0, 0.05) is 25.2 Å². The largest absolute Gasteiger partial charge is 0.495 e. The number of hydrogen-bond donors (Lipinski definition) is 1. The summed E-state index contributed by atoms with van der Waals surface area (Å²) in [5.74, 6) is 0.00148. The Balaban J connectivity index is 2.49. The molecule has 2 rings (SSSR count). The van der Waals surface area contributed by atoms with E-state index < -0.39 is 14.9 Å². The van der Waals surface area contributed by atoms with E-state index in [1.807, 2.05) is 0 Å². The van der Waals surface area contributed by atoms with Crippen LogP contribution in [0.1, 0.15) is 5.56 Å². The van der Waals surface area contributed by atoms with Crippen LogP contribution in [0.3, 0.4) is 0 Å². The molecule has 0 aliphatic heterocycles. The number of methoxy groups -OCH3 is 1. The van der Waals surface area contributed by atoms with Crippen molar-refractivity contribution >= 4 is 15.7 Å². The van der Waals surface area contributed by atoms with Gasteiger partial charge in [-0.25, -0.2) is 8.42 Å². The van der Waals surface area contributed by atoms with Crippen LogP contribution < -0.4 is 4.74 Å². The van der Waals surface area contributed by atoms with E-state index in [1.165, 1.54) is 19.2 Å². The second kappa shape index (κ2) is 8.06. The third-order valence-electron chi connectivity index (χ3n) is 3.53. The molecule has 0 bridgehead atoms. The predicted octanol–water partition coefficient (Wildman–Crippen LogP) is 1.79. The molecule has 25 heavy (non-hydrogen) atoms. The lowest BCUT2D eigenvalue weighted by Crippen LogP contribution is -2.33. The summed E-state index contributed by atoms with van der Waals surface area (Å²) in [7, 11) is -2.83. The zero-order valence-electron chi connectivity index (χ0n) is 13.5. The normalized spacial score (nSPS) is 11.5. The van der Waals surface area contributed by atoms with Crippen molar-refractivity contribution in [3.63, 3.8) is 0 Å².